The molecule has 2 heterocycles. The van der Waals surface area contributed by atoms with Gasteiger partial charge < -0.3 is 0 Å². The minimum absolute atomic E-state index is 1.04. The zero-order valence-electron chi connectivity index (χ0n) is 6.24. The minimum atomic E-state index is 1.04. The lowest BCUT2D eigenvalue weighted by molar-refractivity contribution is 1.15. The Morgan fingerprint density at radius 2 is 2.18 bits per heavy atom. The molecule has 0 aliphatic carbocycles. The highest BCUT2D eigenvalue weighted by molar-refractivity contribution is 7.16. The second kappa shape index (κ2) is 2.58. The third kappa shape index (κ3) is 1.01. The fourth-order valence-electron chi connectivity index (χ4n) is 1.07. The molecule has 2 nitrogen and oxygen atoms in total. The second-order valence-electron chi connectivity index (χ2n) is 2.32. The van der Waals surface area contributed by atoms with E-state index in [1.807, 2.05) is 0 Å². The molecule has 0 atom stereocenters. The van der Waals surface area contributed by atoms with Crippen molar-refractivity contribution >= 4 is 21.7 Å². The Hall–Kier alpha value is -0.960. The second-order valence-corrected chi connectivity index (χ2v) is 3.18. The molecule has 0 aliphatic rings. The predicted octanol–water partition coefficient (Wildman–Crippen LogP) is 2.25. The molecule has 0 radical (unpaired) electrons. The lowest BCUT2D eigenvalue weighted by Gasteiger charge is -1.89. The number of nitrogens with zero attached hydrogens (tertiary/aromatic N) is 2. The van der Waals surface area contributed by atoms with Crippen LogP contribution in [0.25, 0.3) is 10.3 Å². The number of thiophene rings is 1. The maximum Gasteiger partial charge on any atom is 0.142 e. The van der Waals surface area contributed by atoms with E-state index in [1.54, 1.807) is 23.7 Å². The van der Waals surface area contributed by atoms with Crippen molar-refractivity contribution in [2.24, 2.45) is 0 Å². The molecule has 3 heteroatoms. The maximum absolute atomic E-state index is 4.26. The van der Waals surface area contributed by atoms with Crippen molar-refractivity contribution in [2.75, 3.05) is 0 Å². The smallest absolute Gasteiger partial charge is 0.142 e. The lowest BCUT2D eigenvalue weighted by atomic mass is 10.2. The van der Waals surface area contributed by atoms with Gasteiger partial charge in [0.1, 0.15) is 10.3 Å². The van der Waals surface area contributed by atoms with Gasteiger partial charge in [-0.25, -0.2) is 4.98 Å². The molecular formula is C8H8N2S. The van der Waals surface area contributed by atoms with E-state index in [2.05, 4.69) is 22.3 Å². The predicted molar refractivity (Wildman–Crippen MR) is 46.8 cm³/mol. The third-order valence-corrected chi connectivity index (χ3v) is 2.59. The van der Waals surface area contributed by atoms with Gasteiger partial charge in [0.15, 0.2) is 0 Å². The lowest BCUT2D eigenvalue weighted by Crippen LogP contribution is -1.80. The highest BCUT2D eigenvalue weighted by Gasteiger charge is 2.01. The van der Waals surface area contributed by atoms with Crippen molar-refractivity contribution in [3.63, 3.8) is 0 Å². The molecule has 56 valence electrons. The largest absolute Gasteiger partial charge is 0.252 e. The summed E-state index contributed by atoms with van der Waals surface area (Å²) in [6, 6.07) is 0. The fourth-order valence-corrected chi connectivity index (χ4v) is 2.01. The Kier molecular flexibility index (Phi) is 1.58. The quantitative estimate of drug-likeness (QED) is 0.646. The number of rotatable bonds is 1. The molecule has 0 amide bonds. The van der Waals surface area contributed by atoms with Crippen molar-refractivity contribution in [3.05, 3.63) is 23.3 Å². The van der Waals surface area contributed by atoms with Gasteiger partial charge in [0.2, 0.25) is 0 Å². The molecule has 0 aromatic carbocycles. The van der Waals surface area contributed by atoms with Crippen LogP contribution in [0.15, 0.2) is 17.8 Å². The van der Waals surface area contributed by atoms with Crippen molar-refractivity contribution in [3.8, 4) is 0 Å². The minimum Gasteiger partial charge on any atom is -0.252 e. The van der Waals surface area contributed by atoms with Crippen LogP contribution < -0.4 is 0 Å². The molecule has 2 rings (SSSR count). The Balaban J connectivity index is 2.76. The topological polar surface area (TPSA) is 25.8 Å². The SMILES string of the molecule is CCc1csc2nccnc12. The molecule has 2 aromatic heterocycles. The summed E-state index contributed by atoms with van der Waals surface area (Å²) in [5.41, 5.74) is 2.37. The summed E-state index contributed by atoms with van der Waals surface area (Å²) >= 11 is 1.66. The van der Waals surface area contributed by atoms with Gasteiger partial charge in [-0.3, -0.25) is 4.98 Å². The Morgan fingerprint density at radius 1 is 1.36 bits per heavy atom. The highest BCUT2D eigenvalue weighted by atomic mass is 32.1. The van der Waals surface area contributed by atoms with Gasteiger partial charge in [-0.1, -0.05) is 6.92 Å². The van der Waals surface area contributed by atoms with Crippen LogP contribution in [0.2, 0.25) is 0 Å². The van der Waals surface area contributed by atoms with Crippen LogP contribution in [0.1, 0.15) is 12.5 Å². The molecule has 0 spiro atoms. The number of hydrogen-bond acceptors (Lipinski definition) is 3. The van der Waals surface area contributed by atoms with Gasteiger partial charge in [-0.05, 0) is 17.4 Å². The van der Waals surface area contributed by atoms with Gasteiger partial charge in [-0.2, -0.15) is 0 Å². The number of fused-ring (bicyclic) bond motifs is 1. The van der Waals surface area contributed by atoms with E-state index < -0.39 is 0 Å². The zero-order chi connectivity index (χ0) is 7.68. The summed E-state index contributed by atoms with van der Waals surface area (Å²) < 4.78 is 0. The standard InChI is InChI=1S/C8H8N2S/c1-2-6-5-11-8-7(6)9-3-4-10-8/h3-5H,2H2,1H3. The zero-order valence-corrected chi connectivity index (χ0v) is 7.06. The van der Waals surface area contributed by atoms with Crippen molar-refractivity contribution in [1.29, 1.82) is 0 Å². The summed E-state index contributed by atoms with van der Waals surface area (Å²) in [4.78, 5) is 9.51. The van der Waals surface area contributed by atoms with E-state index in [-0.39, 0.29) is 0 Å². The van der Waals surface area contributed by atoms with Crippen molar-refractivity contribution in [2.45, 2.75) is 13.3 Å². The highest BCUT2D eigenvalue weighted by Crippen LogP contribution is 2.21. The van der Waals surface area contributed by atoms with E-state index in [0.29, 0.717) is 0 Å². The van der Waals surface area contributed by atoms with Crippen LogP contribution in [0.3, 0.4) is 0 Å². The number of aromatic nitrogens is 2. The Morgan fingerprint density at radius 3 is 3.00 bits per heavy atom. The molecule has 0 saturated heterocycles. The van der Waals surface area contributed by atoms with Gasteiger partial charge in [0.05, 0.1) is 0 Å². The molecule has 0 N–H and O–H groups in total. The first kappa shape index (κ1) is 6.73. The van der Waals surface area contributed by atoms with Crippen molar-refractivity contribution in [1.82, 2.24) is 9.97 Å². The van der Waals surface area contributed by atoms with Crippen LogP contribution in [-0.2, 0) is 6.42 Å². The monoisotopic (exact) mass is 164 g/mol. The summed E-state index contributed by atoms with van der Waals surface area (Å²) in [6.07, 6.45) is 4.52. The van der Waals surface area contributed by atoms with Crippen LogP contribution in [-0.4, -0.2) is 9.97 Å². The fraction of sp³-hybridized carbons (Fsp3) is 0.250. The first-order valence-corrected chi connectivity index (χ1v) is 4.47. The first-order chi connectivity index (χ1) is 5.42. The molecular weight excluding hydrogens is 156 g/mol. The number of aryl methyl sites for hydroxylation is 1. The van der Waals surface area contributed by atoms with Gasteiger partial charge >= 0.3 is 0 Å². The van der Waals surface area contributed by atoms with E-state index >= 15 is 0 Å². The normalized spacial score (nSPS) is 10.6. The summed E-state index contributed by atoms with van der Waals surface area (Å²) in [6.45, 7) is 2.14. The molecule has 0 saturated carbocycles. The number of hydrogen-bond donors (Lipinski definition) is 0. The van der Waals surface area contributed by atoms with E-state index in [0.717, 1.165) is 16.8 Å². The van der Waals surface area contributed by atoms with Crippen molar-refractivity contribution < 1.29 is 0 Å². The van der Waals surface area contributed by atoms with Crippen LogP contribution in [0.4, 0.5) is 0 Å². The van der Waals surface area contributed by atoms with E-state index in [9.17, 15) is 0 Å². The molecule has 0 fully saturated rings. The average Bonchev–Trinajstić information content (AvgIpc) is 2.47. The van der Waals surface area contributed by atoms with Gasteiger partial charge in [-0.15, -0.1) is 11.3 Å². The molecule has 11 heavy (non-hydrogen) atoms. The summed E-state index contributed by atoms with van der Waals surface area (Å²) in [5.74, 6) is 0. The molecule has 0 bridgehead atoms. The Bertz CT molecular complexity index is 367. The van der Waals surface area contributed by atoms with Gasteiger partial charge in [0, 0.05) is 12.4 Å². The van der Waals surface area contributed by atoms with E-state index in [4.69, 9.17) is 0 Å². The maximum atomic E-state index is 4.26. The summed E-state index contributed by atoms with van der Waals surface area (Å²) in [5, 5.41) is 2.13. The molecule has 0 aliphatic heterocycles. The average molecular weight is 164 g/mol. The Labute approximate surface area is 68.9 Å². The summed E-state index contributed by atoms with van der Waals surface area (Å²) in [7, 11) is 0. The molecule has 0 unspecified atom stereocenters. The molecule has 2 aromatic rings. The van der Waals surface area contributed by atoms with Crippen LogP contribution in [0, 0.1) is 0 Å². The van der Waals surface area contributed by atoms with Gasteiger partial charge in [0.25, 0.3) is 0 Å². The van der Waals surface area contributed by atoms with E-state index in [1.165, 1.54) is 5.56 Å². The van der Waals surface area contributed by atoms with Crippen LogP contribution in [0.5, 0.6) is 0 Å². The third-order valence-electron chi connectivity index (χ3n) is 1.66. The first-order valence-electron chi connectivity index (χ1n) is 3.59. The van der Waals surface area contributed by atoms with Crippen LogP contribution >= 0.6 is 11.3 Å².